The zero-order valence-corrected chi connectivity index (χ0v) is 14.7. The third-order valence-corrected chi connectivity index (χ3v) is 3.86. The van der Waals surface area contributed by atoms with E-state index in [4.69, 9.17) is 16.3 Å². The van der Waals surface area contributed by atoms with Crippen LogP contribution in [-0.2, 0) is 4.84 Å². The summed E-state index contributed by atoms with van der Waals surface area (Å²) in [5.41, 5.74) is 14.0. The Morgan fingerprint density at radius 3 is 2.78 bits per heavy atom. The van der Waals surface area contributed by atoms with Crippen molar-refractivity contribution in [3.63, 3.8) is 0 Å². The van der Waals surface area contributed by atoms with Crippen molar-refractivity contribution in [1.29, 1.82) is 0 Å². The minimum atomic E-state index is -0.341. The number of hydrogen-bond acceptors (Lipinski definition) is 7. The number of carbonyl (C=O) groups is 1. The van der Waals surface area contributed by atoms with Gasteiger partial charge in [-0.05, 0) is 18.2 Å². The van der Waals surface area contributed by atoms with Gasteiger partial charge in [0.25, 0.3) is 0 Å². The molecule has 9 heteroatoms. The lowest BCUT2D eigenvalue weighted by Crippen LogP contribution is -2.34. The van der Waals surface area contributed by atoms with Crippen LogP contribution >= 0.6 is 0 Å². The number of anilines is 3. The van der Waals surface area contributed by atoms with Gasteiger partial charge in [-0.3, -0.25) is 0 Å². The summed E-state index contributed by atoms with van der Waals surface area (Å²) in [5, 5.41) is 9.41. The van der Waals surface area contributed by atoms with Gasteiger partial charge in [0, 0.05) is 17.2 Å². The summed E-state index contributed by atoms with van der Waals surface area (Å²) in [6, 6.07) is 6.75. The van der Waals surface area contributed by atoms with E-state index < -0.39 is 0 Å². The van der Waals surface area contributed by atoms with Crippen LogP contribution < -0.4 is 22.1 Å². The van der Waals surface area contributed by atoms with Gasteiger partial charge >= 0.3 is 6.03 Å². The van der Waals surface area contributed by atoms with Gasteiger partial charge in [0.1, 0.15) is 30.1 Å². The van der Waals surface area contributed by atoms with Crippen molar-refractivity contribution in [2.24, 2.45) is 11.1 Å². The fourth-order valence-corrected chi connectivity index (χ4v) is 2.32. The Morgan fingerprint density at radius 2 is 2.07 bits per heavy atom. The quantitative estimate of drug-likeness (QED) is 0.602. The molecule has 3 rings (SSSR count). The number of aromatic nitrogens is 2. The van der Waals surface area contributed by atoms with Gasteiger partial charge in [0.2, 0.25) is 0 Å². The molecule has 2 heterocycles. The first-order valence-electron chi connectivity index (χ1n) is 8.24. The van der Waals surface area contributed by atoms with E-state index >= 15 is 0 Å². The molecular weight excluding hydrogens is 346 g/mol. The van der Waals surface area contributed by atoms with E-state index in [1.807, 2.05) is 6.92 Å². The lowest BCUT2D eigenvalue weighted by Gasteiger charge is -2.08. The molecule has 27 heavy (non-hydrogen) atoms. The van der Waals surface area contributed by atoms with Gasteiger partial charge in [-0.15, -0.1) is 0 Å². The van der Waals surface area contributed by atoms with Crippen LogP contribution in [0.1, 0.15) is 18.1 Å². The van der Waals surface area contributed by atoms with Crippen LogP contribution in [0.3, 0.4) is 0 Å². The Bertz CT molecular complexity index is 926. The number of oxime groups is 1. The standard InChI is InChI=1S/C18H19N7O2/c1-11-9-27-25-15(11)8-21-18(26)24-13-4-2-3-12(7-13)5-6-14-16(19)22-10-23-17(14)20/h2-4,7,10-11H,8-9H2,1H3,(H2,21,24,26)(H4,19,20,22,23). The maximum atomic E-state index is 12.1. The number of nitrogen functional groups attached to an aromatic ring is 2. The molecule has 1 atom stereocenters. The number of benzene rings is 1. The summed E-state index contributed by atoms with van der Waals surface area (Å²) >= 11 is 0. The van der Waals surface area contributed by atoms with Crippen molar-refractivity contribution in [3.8, 4) is 11.8 Å². The van der Waals surface area contributed by atoms with Crippen LogP contribution in [0.5, 0.6) is 0 Å². The SMILES string of the molecule is CC1CON=C1CNC(=O)Nc1cccc(C#Cc2c(N)ncnc2N)c1. The monoisotopic (exact) mass is 365 g/mol. The highest BCUT2D eigenvalue weighted by molar-refractivity contribution is 5.95. The number of rotatable bonds is 3. The fraction of sp³-hybridized carbons (Fsp3) is 0.222. The highest BCUT2D eigenvalue weighted by Gasteiger charge is 2.18. The molecule has 0 saturated carbocycles. The van der Waals surface area contributed by atoms with E-state index in [1.54, 1.807) is 24.3 Å². The molecule has 0 aliphatic carbocycles. The summed E-state index contributed by atoms with van der Waals surface area (Å²) in [7, 11) is 0. The average Bonchev–Trinajstić information content (AvgIpc) is 3.05. The van der Waals surface area contributed by atoms with Crippen molar-refractivity contribution in [3.05, 3.63) is 41.7 Å². The molecule has 0 spiro atoms. The molecule has 1 aromatic carbocycles. The number of hydrogen-bond donors (Lipinski definition) is 4. The molecule has 6 N–H and O–H groups in total. The summed E-state index contributed by atoms with van der Waals surface area (Å²) in [6.07, 6.45) is 1.28. The second-order valence-electron chi connectivity index (χ2n) is 5.94. The maximum Gasteiger partial charge on any atom is 0.319 e. The first kappa shape index (κ1) is 18.0. The van der Waals surface area contributed by atoms with Crippen molar-refractivity contribution < 1.29 is 9.63 Å². The molecule has 0 bridgehead atoms. The first-order valence-corrected chi connectivity index (χ1v) is 8.24. The van der Waals surface area contributed by atoms with E-state index in [2.05, 4.69) is 37.6 Å². The topological polar surface area (TPSA) is 141 Å². The number of nitrogens with two attached hydrogens (primary N) is 2. The molecule has 9 nitrogen and oxygen atoms in total. The number of carbonyl (C=O) groups excluding carboxylic acids is 1. The third-order valence-electron chi connectivity index (χ3n) is 3.86. The minimum absolute atomic E-state index is 0.200. The van der Waals surface area contributed by atoms with E-state index in [-0.39, 0.29) is 23.6 Å². The molecule has 1 unspecified atom stereocenters. The minimum Gasteiger partial charge on any atom is -0.395 e. The van der Waals surface area contributed by atoms with Gasteiger partial charge in [0.05, 0.1) is 12.3 Å². The maximum absolute atomic E-state index is 12.1. The predicted molar refractivity (Wildman–Crippen MR) is 103 cm³/mol. The number of urea groups is 1. The molecule has 1 aliphatic rings. The van der Waals surface area contributed by atoms with Gasteiger partial charge in [-0.1, -0.05) is 30.0 Å². The second kappa shape index (κ2) is 8.05. The Morgan fingerprint density at radius 1 is 1.30 bits per heavy atom. The lowest BCUT2D eigenvalue weighted by molar-refractivity contribution is 0.158. The smallest absolute Gasteiger partial charge is 0.319 e. The van der Waals surface area contributed by atoms with Gasteiger partial charge in [-0.25, -0.2) is 14.8 Å². The molecule has 2 aromatic rings. The van der Waals surface area contributed by atoms with E-state index in [1.165, 1.54) is 6.33 Å². The van der Waals surface area contributed by atoms with Gasteiger partial charge in [-0.2, -0.15) is 0 Å². The summed E-state index contributed by atoms with van der Waals surface area (Å²) < 4.78 is 0. The normalized spacial score (nSPS) is 15.1. The molecule has 0 fully saturated rings. The Hall–Kier alpha value is -3.80. The Kier molecular flexibility index (Phi) is 5.37. The van der Waals surface area contributed by atoms with E-state index in [0.717, 1.165) is 5.71 Å². The Labute approximate surface area is 156 Å². The summed E-state index contributed by atoms with van der Waals surface area (Å²) in [4.78, 5) is 24.8. The molecule has 0 radical (unpaired) electrons. The molecule has 138 valence electrons. The molecule has 0 saturated heterocycles. The summed E-state index contributed by atoms with van der Waals surface area (Å²) in [6.45, 7) is 2.87. The summed E-state index contributed by atoms with van der Waals surface area (Å²) in [5.74, 6) is 6.44. The van der Waals surface area contributed by atoms with Crippen molar-refractivity contribution in [1.82, 2.24) is 15.3 Å². The van der Waals surface area contributed by atoms with Crippen LogP contribution in [-0.4, -0.2) is 34.9 Å². The Balaban J connectivity index is 1.64. The molecule has 1 aliphatic heterocycles. The molecule has 1 aromatic heterocycles. The largest absolute Gasteiger partial charge is 0.395 e. The second-order valence-corrected chi connectivity index (χ2v) is 5.94. The predicted octanol–water partition coefficient (Wildman–Crippen LogP) is 1.18. The zero-order valence-electron chi connectivity index (χ0n) is 14.7. The highest BCUT2D eigenvalue weighted by Crippen LogP contribution is 2.14. The van der Waals surface area contributed by atoms with Crippen molar-refractivity contribution in [2.75, 3.05) is 29.9 Å². The third kappa shape index (κ3) is 4.64. The van der Waals surface area contributed by atoms with E-state index in [0.29, 0.717) is 30.0 Å². The number of nitrogens with zero attached hydrogens (tertiary/aromatic N) is 3. The van der Waals surface area contributed by atoms with Crippen LogP contribution in [0.4, 0.5) is 22.1 Å². The number of nitrogens with one attached hydrogen (secondary N) is 2. The highest BCUT2D eigenvalue weighted by atomic mass is 16.6. The zero-order chi connectivity index (χ0) is 19.2. The molecule has 2 amide bonds. The fourth-order valence-electron chi connectivity index (χ4n) is 2.32. The first-order chi connectivity index (χ1) is 13.0. The van der Waals surface area contributed by atoms with Crippen LogP contribution in [0.25, 0.3) is 0 Å². The van der Waals surface area contributed by atoms with Gasteiger partial charge in [0.15, 0.2) is 0 Å². The molecular formula is C18H19N7O2. The van der Waals surface area contributed by atoms with Crippen LogP contribution in [0, 0.1) is 17.8 Å². The van der Waals surface area contributed by atoms with Crippen molar-refractivity contribution >= 4 is 29.1 Å². The lowest BCUT2D eigenvalue weighted by atomic mass is 10.1. The van der Waals surface area contributed by atoms with Crippen LogP contribution in [0.15, 0.2) is 35.7 Å². The van der Waals surface area contributed by atoms with Gasteiger partial charge < -0.3 is 26.9 Å². The van der Waals surface area contributed by atoms with Crippen LogP contribution in [0.2, 0.25) is 0 Å². The van der Waals surface area contributed by atoms with E-state index in [9.17, 15) is 4.79 Å². The average molecular weight is 365 g/mol. The number of amides is 2. The van der Waals surface area contributed by atoms with Crippen molar-refractivity contribution in [2.45, 2.75) is 6.92 Å².